The number of ether oxygens (including phenoxy) is 3. The van der Waals surface area contributed by atoms with Gasteiger partial charge in [0.2, 0.25) is 11.7 Å². The molecule has 1 heterocycles. The Morgan fingerprint density at radius 2 is 1.75 bits per heavy atom. The fourth-order valence-corrected chi connectivity index (χ4v) is 3.82. The third-order valence-corrected chi connectivity index (χ3v) is 5.59. The maximum atomic E-state index is 12.4. The predicted octanol–water partition coefficient (Wildman–Crippen LogP) is 4.20. The third kappa shape index (κ3) is 5.23. The number of rotatable bonds is 10. The van der Waals surface area contributed by atoms with Crippen LogP contribution in [-0.4, -0.2) is 47.8 Å². The molecule has 0 bridgehead atoms. The van der Waals surface area contributed by atoms with Crippen LogP contribution in [0, 0.1) is 6.92 Å². The van der Waals surface area contributed by atoms with Crippen molar-refractivity contribution in [3.8, 4) is 28.6 Å². The highest BCUT2D eigenvalue weighted by molar-refractivity contribution is 7.99. The summed E-state index contributed by atoms with van der Waals surface area (Å²) < 4.78 is 18.2. The lowest BCUT2D eigenvalue weighted by Gasteiger charge is -2.14. The van der Waals surface area contributed by atoms with E-state index in [-0.39, 0.29) is 11.7 Å². The van der Waals surface area contributed by atoms with Crippen molar-refractivity contribution in [2.75, 3.05) is 32.4 Å². The van der Waals surface area contributed by atoms with Gasteiger partial charge in [0.25, 0.3) is 0 Å². The molecule has 1 N–H and O–H groups in total. The van der Waals surface area contributed by atoms with Crippen molar-refractivity contribution >= 4 is 23.4 Å². The quantitative estimate of drug-likeness (QED) is 0.363. The van der Waals surface area contributed by atoms with Crippen LogP contribution in [0.25, 0.3) is 11.4 Å². The van der Waals surface area contributed by atoms with Crippen LogP contribution < -0.4 is 19.5 Å². The Hall–Kier alpha value is -3.46. The van der Waals surface area contributed by atoms with Gasteiger partial charge < -0.3 is 19.5 Å². The van der Waals surface area contributed by atoms with Crippen LogP contribution in [0.5, 0.6) is 17.2 Å². The number of allylic oxidation sites excluding steroid dienone is 1. The van der Waals surface area contributed by atoms with Crippen LogP contribution in [0.1, 0.15) is 5.56 Å². The normalized spacial score (nSPS) is 10.5. The number of hydrogen-bond acceptors (Lipinski definition) is 7. The van der Waals surface area contributed by atoms with Gasteiger partial charge in [-0.3, -0.25) is 9.36 Å². The summed E-state index contributed by atoms with van der Waals surface area (Å²) in [6.07, 6.45) is 1.75. The van der Waals surface area contributed by atoms with E-state index in [0.717, 1.165) is 16.8 Å². The van der Waals surface area contributed by atoms with Gasteiger partial charge in [0.1, 0.15) is 0 Å². The van der Waals surface area contributed by atoms with E-state index in [1.807, 2.05) is 47.9 Å². The summed E-state index contributed by atoms with van der Waals surface area (Å²) in [5, 5.41) is 12.1. The molecule has 0 atom stereocenters. The number of aryl methyl sites for hydroxylation is 1. The zero-order valence-corrected chi connectivity index (χ0v) is 19.4. The minimum Gasteiger partial charge on any atom is -0.493 e. The molecule has 1 amide bonds. The van der Waals surface area contributed by atoms with Crippen LogP contribution in [0.15, 0.2) is 54.2 Å². The Balaban J connectivity index is 1.83. The summed E-state index contributed by atoms with van der Waals surface area (Å²) in [6, 6.07) is 11.3. The minimum atomic E-state index is -0.124. The number of aromatic nitrogens is 3. The van der Waals surface area contributed by atoms with Gasteiger partial charge in [0.05, 0.1) is 27.1 Å². The average Bonchev–Trinajstić information content (AvgIpc) is 3.21. The van der Waals surface area contributed by atoms with Crippen molar-refractivity contribution in [1.82, 2.24) is 14.8 Å². The molecule has 0 saturated carbocycles. The molecule has 168 valence electrons. The maximum Gasteiger partial charge on any atom is 0.234 e. The number of thioether (sulfide) groups is 1. The monoisotopic (exact) mass is 454 g/mol. The predicted molar refractivity (Wildman–Crippen MR) is 126 cm³/mol. The Morgan fingerprint density at radius 1 is 1.09 bits per heavy atom. The molecule has 0 aliphatic carbocycles. The number of methoxy groups -OCH3 is 3. The highest BCUT2D eigenvalue weighted by Crippen LogP contribution is 2.41. The Morgan fingerprint density at radius 3 is 2.31 bits per heavy atom. The molecule has 9 heteroatoms. The zero-order chi connectivity index (χ0) is 23.1. The summed E-state index contributed by atoms with van der Waals surface area (Å²) in [6.45, 7) is 6.30. The van der Waals surface area contributed by atoms with E-state index >= 15 is 0 Å². The molecule has 0 aliphatic heterocycles. The first-order chi connectivity index (χ1) is 15.5. The third-order valence-electron chi connectivity index (χ3n) is 4.62. The van der Waals surface area contributed by atoms with E-state index in [9.17, 15) is 4.79 Å². The number of nitrogens with one attached hydrogen (secondary N) is 1. The van der Waals surface area contributed by atoms with E-state index in [2.05, 4.69) is 22.1 Å². The SMILES string of the molecule is C=CCn1c(SCC(=O)Nc2ccc(C)cc2)nnc1-c1cc(OC)c(OC)c(OC)c1. The molecule has 0 radical (unpaired) electrons. The molecule has 32 heavy (non-hydrogen) atoms. The molecular weight excluding hydrogens is 428 g/mol. The van der Waals surface area contributed by atoms with E-state index in [4.69, 9.17) is 14.2 Å². The van der Waals surface area contributed by atoms with Crippen LogP contribution in [0.3, 0.4) is 0 Å². The zero-order valence-electron chi connectivity index (χ0n) is 18.5. The summed E-state index contributed by atoms with van der Waals surface area (Å²) in [4.78, 5) is 12.4. The van der Waals surface area contributed by atoms with Crippen molar-refractivity contribution in [2.45, 2.75) is 18.6 Å². The maximum absolute atomic E-state index is 12.4. The lowest BCUT2D eigenvalue weighted by atomic mass is 10.1. The molecule has 0 aliphatic rings. The first-order valence-corrected chi connectivity index (χ1v) is 10.8. The van der Waals surface area contributed by atoms with Crippen molar-refractivity contribution in [3.63, 3.8) is 0 Å². The van der Waals surface area contributed by atoms with Gasteiger partial charge in [0.15, 0.2) is 22.5 Å². The fourth-order valence-electron chi connectivity index (χ4n) is 3.08. The average molecular weight is 455 g/mol. The first kappa shape index (κ1) is 23.2. The summed E-state index contributed by atoms with van der Waals surface area (Å²) in [7, 11) is 4.67. The van der Waals surface area contributed by atoms with Gasteiger partial charge in [-0.05, 0) is 31.2 Å². The fraction of sp³-hybridized carbons (Fsp3) is 0.261. The summed E-state index contributed by atoms with van der Waals surface area (Å²) >= 11 is 1.30. The molecule has 0 spiro atoms. The molecule has 0 fully saturated rings. The van der Waals surface area contributed by atoms with Gasteiger partial charge in [-0.25, -0.2) is 0 Å². The Kier molecular flexibility index (Phi) is 7.77. The number of carbonyl (C=O) groups excluding carboxylic acids is 1. The molecular formula is C23H26N4O4S. The van der Waals surface area contributed by atoms with Gasteiger partial charge in [-0.15, -0.1) is 16.8 Å². The lowest BCUT2D eigenvalue weighted by Crippen LogP contribution is -2.14. The van der Waals surface area contributed by atoms with E-state index in [1.54, 1.807) is 27.4 Å². The molecule has 0 saturated heterocycles. The van der Waals surface area contributed by atoms with E-state index in [0.29, 0.717) is 34.8 Å². The van der Waals surface area contributed by atoms with Gasteiger partial charge in [0, 0.05) is 17.8 Å². The number of benzene rings is 2. The van der Waals surface area contributed by atoms with Crippen molar-refractivity contribution in [3.05, 3.63) is 54.6 Å². The van der Waals surface area contributed by atoms with Gasteiger partial charge >= 0.3 is 0 Å². The van der Waals surface area contributed by atoms with Crippen molar-refractivity contribution in [1.29, 1.82) is 0 Å². The molecule has 1 aromatic heterocycles. The number of carbonyl (C=O) groups is 1. The van der Waals surface area contributed by atoms with Gasteiger partial charge in [-0.2, -0.15) is 0 Å². The highest BCUT2D eigenvalue weighted by atomic mass is 32.2. The largest absolute Gasteiger partial charge is 0.493 e. The number of anilines is 1. The Labute approximate surface area is 191 Å². The number of hydrogen-bond donors (Lipinski definition) is 1. The van der Waals surface area contributed by atoms with Crippen LogP contribution in [0.4, 0.5) is 5.69 Å². The molecule has 3 aromatic rings. The second-order valence-electron chi connectivity index (χ2n) is 6.82. The van der Waals surface area contributed by atoms with Crippen molar-refractivity contribution in [2.24, 2.45) is 0 Å². The second-order valence-corrected chi connectivity index (χ2v) is 7.76. The number of nitrogens with zero attached hydrogens (tertiary/aromatic N) is 3. The standard InChI is InChI=1S/C23H26N4O4S/c1-6-11-27-22(16-12-18(29-3)21(31-5)19(13-16)30-4)25-26-23(27)32-14-20(28)24-17-9-7-15(2)8-10-17/h6-10,12-13H,1,11,14H2,2-5H3,(H,24,28). The summed E-state index contributed by atoms with van der Waals surface area (Å²) in [5.41, 5.74) is 2.63. The van der Waals surface area contributed by atoms with Gasteiger partial charge in [-0.1, -0.05) is 35.5 Å². The Bertz CT molecular complexity index is 1070. The first-order valence-electron chi connectivity index (χ1n) is 9.84. The topological polar surface area (TPSA) is 87.5 Å². The molecule has 8 nitrogen and oxygen atoms in total. The van der Waals surface area contributed by atoms with Crippen molar-refractivity contribution < 1.29 is 19.0 Å². The molecule has 2 aromatic carbocycles. The lowest BCUT2D eigenvalue weighted by molar-refractivity contribution is -0.113. The van der Waals surface area contributed by atoms with Crippen LogP contribution in [0.2, 0.25) is 0 Å². The van der Waals surface area contributed by atoms with E-state index < -0.39 is 0 Å². The molecule has 0 unspecified atom stereocenters. The van der Waals surface area contributed by atoms with Crippen LogP contribution in [-0.2, 0) is 11.3 Å². The number of amides is 1. The summed E-state index contributed by atoms with van der Waals surface area (Å²) in [5.74, 6) is 2.20. The molecule has 3 rings (SSSR count). The second kappa shape index (κ2) is 10.7. The van der Waals surface area contributed by atoms with E-state index in [1.165, 1.54) is 11.8 Å². The smallest absolute Gasteiger partial charge is 0.234 e. The minimum absolute atomic E-state index is 0.124. The van der Waals surface area contributed by atoms with Crippen LogP contribution >= 0.6 is 11.8 Å². The highest BCUT2D eigenvalue weighted by Gasteiger charge is 2.20.